The van der Waals surface area contributed by atoms with Gasteiger partial charge in [-0.2, -0.15) is 0 Å². The number of H-pyrrole nitrogens is 1. The molecule has 8 heteroatoms. The van der Waals surface area contributed by atoms with Crippen LogP contribution < -0.4 is 10.6 Å². The SMILES string of the molecule is CN=C(NCCc1c[nH]c2cc(C)ccc12)NCc1ccc(CS(C)(=O)=O)cc1.I. The van der Waals surface area contributed by atoms with Gasteiger partial charge in [0.2, 0.25) is 0 Å². The van der Waals surface area contributed by atoms with Crippen LogP contribution in [0.5, 0.6) is 0 Å². The van der Waals surface area contributed by atoms with E-state index in [1.165, 1.54) is 28.3 Å². The maximum atomic E-state index is 11.4. The molecule has 0 aliphatic carbocycles. The molecule has 1 heterocycles. The molecule has 0 saturated carbocycles. The Hall–Kier alpha value is -2.07. The van der Waals surface area contributed by atoms with Crippen LogP contribution in [0.3, 0.4) is 0 Å². The largest absolute Gasteiger partial charge is 0.361 e. The van der Waals surface area contributed by atoms with Crippen LogP contribution in [0.2, 0.25) is 0 Å². The molecule has 1 aromatic heterocycles. The molecule has 3 aromatic rings. The summed E-state index contributed by atoms with van der Waals surface area (Å²) in [4.78, 5) is 7.60. The minimum atomic E-state index is -3.01. The summed E-state index contributed by atoms with van der Waals surface area (Å²) >= 11 is 0. The van der Waals surface area contributed by atoms with Gasteiger partial charge >= 0.3 is 0 Å². The molecule has 0 saturated heterocycles. The van der Waals surface area contributed by atoms with Crippen molar-refractivity contribution < 1.29 is 8.42 Å². The molecule has 0 aliphatic heterocycles. The van der Waals surface area contributed by atoms with Gasteiger partial charge in [-0.3, -0.25) is 4.99 Å². The summed E-state index contributed by atoms with van der Waals surface area (Å²) in [6.07, 6.45) is 4.21. The van der Waals surface area contributed by atoms with Gasteiger partial charge in [0.25, 0.3) is 0 Å². The van der Waals surface area contributed by atoms with E-state index in [0.29, 0.717) is 6.54 Å². The number of rotatable bonds is 7. The number of nitrogens with zero attached hydrogens (tertiary/aromatic N) is 1. The fourth-order valence-electron chi connectivity index (χ4n) is 3.29. The highest BCUT2D eigenvalue weighted by Crippen LogP contribution is 2.19. The molecule has 0 atom stereocenters. The molecule has 0 radical (unpaired) electrons. The molecule has 0 bridgehead atoms. The monoisotopic (exact) mass is 540 g/mol. The van der Waals surface area contributed by atoms with Gasteiger partial charge in [0.05, 0.1) is 5.75 Å². The summed E-state index contributed by atoms with van der Waals surface area (Å²) in [5, 5.41) is 7.89. The Labute approximate surface area is 195 Å². The van der Waals surface area contributed by atoms with Crippen LogP contribution in [0.4, 0.5) is 0 Å². The summed E-state index contributed by atoms with van der Waals surface area (Å²) < 4.78 is 22.7. The molecule has 30 heavy (non-hydrogen) atoms. The lowest BCUT2D eigenvalue weighted by atomic mass is 10.1. The van der Waals surface area contributed by atoms with Gasteiger partial charge in [-0.15, -0.1) is 24.0 Å². The molecule has 2 aromatic carbocycles. The molecule has 0 unspecified atom stereocenters. The summed E-state index contributed by atoms with van der Waals surface area (Å²) in [5.74, 6) is 0.804. The van der Waals surface area contributed by atoms with Crippen LogP contribution >= 0.6 is 24.0 Å². The number of halogens is 1. The lowest BCUT2D eigenvalue weighted by Crippen LogP contribution is -2.37. The first-order chi connectivity index (χ1) is 13.8. The third kappa shape index (κ3) is 7.02. The molecule has 162 valence electrons. The van der Waals surface area contributed by atoms with E-state index in [4.69, 9.17) is 0 Å². The third-order valence-corrected chi connectivity index (χ3v) is 5.60. The lowest BCUT2D eigenvalue weighted by Gasteiger charge is -2.12. The molecular weight excluding hydrogens is 511 g/mol. The van der Waals surface area contributed by atoms with E-state index in [1.54, 1.807) is 7.05 Å². The highest BCUT2D eigenvalue weighted by Gasteiger charge is 2.06. The minimum absolute atomic E-state index is 0. The average Bonchev–Trinajstić information content (AvgIpc) is 3.06. The van der Waals surface area contributed by atoms with Crippen molar-refractivity contribution in [3.05, 3.63) is 70.9 Å². The third-order valence-electron chi connectivity index (χ3n) is 4.75. The summed E-state index contributed by atoms with van der Waals surface area (Å²) in [5.41, 5.74) is 5.56. The predicted molar refractivity (Wildman–Crippen MR) is 135 cm³/mol. The Bertz CT molecular complexity index is 1110. The van der Waals surface area contributed by atoms with Gasteiger partial charge in [-0.1, -0.05) is 36.4 Å². The van der Waals surface area contributed by atoms with E-state index in [2.05, 4.69) is 51.9 Å². The number of aryl methyl sites for hydroxylation is 1. The second-order valence-electron chi connectivity index (χ2n) is 7.35. The first-order valence-corrected chi connectivity index (χ1v) is 11.7. The van der Waals surface area contributed by atoms with E-state index < -0.39 is 9.84 Å². The van der Waals surface area contributed by atoms with Crippen molar-refractivity contribution >= 4 is 50.7 Å². The zero-order chi connectivity index (χ0) is 20.9. The van der Waals surface area contributed by atoms with Gasteiger partial charge < -0.3 is 15.6 Å². The summed E-state index contributed by atoms with van der Waals surface area (Å²) in [6.45, 7) is 3.48. The highest BCUT2D eigenvalue weighted by molar-refractivity contribution is 14.0. The number of guanidine groups is 1. The number of benzene rings is 2. The van der Waals surface area contributed by atoms with Crippen molar-refractivity contribution in [2.75, 3.05) is 19.8 Å². The maximum absolute atomic E-state index is 11.4. The number of aliphatic imine (C=N–C) groups is 1. The first kappa shape index (κ1) is 24.2. The second-order valence-corrected chi connectivity index (χ2v) is 9.49. The topological polar surface area (TPSA) is 86.3 Å². The Morgan fingerprint density at radius 2 is 1.77 bits per heavy atom. The zero-order valence-corrected chi connectivity index (χ0v) is 20.7. The minimum Gasteiger partial charge on any atom is -0.361 e. The quantitative estimate of drug-likeness (QED) is 0.243. The smallest absolute Gasteiger partial charge is 0.191 e. The van der Waals surface area contributed by atoms with Gasteiger partial charge in [-0.05, 0) is 41.7 Å². The number of sulfone groups is 1. The van der Waals surface area contributed by atoms with Crippen molar-refractivity contribution in [3.63, 3.8) is 0 Å². The summed E-state index contributed by atoms with van der Waals surface area (Å²) in [7, 11) is -1.26. The number of hydrogen-bond donors (Lipinski definition) is 3. The fourth-order valence-corrected chi connectivity index (χ4v) is 4.08. The van der Waals surface area contributed by atoms with Gasteiger partial charge in [0, 0.05) is 43.5 Å². The van der Waals surface area contributed by atoms with Gasteiger partial charge in [0.15, 0.2) is 15.8 Å². The van der Waals surface area contributed by atoms with E-state index in [-0.39, 0.29) is 29.7 Å². The molecule has 6 nitrogen and oxygen atoms in total. The Kier molecular flexibility index (Phi) is 8.72. The molecule has 0 aliphatic rings. The van der Waals surface area contributed by atoms with Crippen LogP contribution in [-0.4, -0.2) is 39.2 Å². The maximum Gasteiger partial charge on any atom is 0.191 e. The van der Waals surface area contributed by atoms with Gasteiger partial charge in [0.1, 0.15) is 0 Å². The standard InChI is InChI=1S/C22H28N4O2S.HI/c1-16-4-9-20-19(14-25-21(20)12-16)10-11-24-22(23-2)26-13-17-5-7-18(8-6-17)15-29(3,27)28;/h4-9,12,14,25H,10-11,13,15H2,1-3H3,(H2,23,24,26);1H. The second kappa shape index (κ2) is 10.8. The van der Waals surface area contributed by atoms with Crippen LogP contribution in [0.25, 0.3) is 10.9 Å². The molecule has 3 N–H and O–H groups in total. The number of aromatic amines is 1. The Morgan fingerprint density at radius 3 is 2.43 bits per heavy atom. The van der Waals surface area contributed by atoms with E-state index in [1.807, 2.05) is 24.3 Å². The van der Waals surface area contributed by atoms with Crippen molar-refractivity contribution in [1.82, 2.24) is 15.6 Å². The predicted octanol–water partition coefficient (Wildman–Crippen LogP) is 3.55. The molecule has 0 fully saturated rings. The highest BCUT2D eigenvalue weighted by atomic mass is 127. The van der Waals surface area contributed by atoms with Crippen molar-refractivity contribution in [3.8, 4) is 0 Å². The van der Waals surface area contributed by atoms with Gasteiger partial charge in [-0.25, -0.2) is 8.42 Å². The van der Waals surface area contributed by atoms with Crippen LogP contribution in [0.1, 0.15) is 22.3 Å². The van der Waals surface area contributed by atoms with Crippen LogP contribution in [-0.2, 0) is 28.6 Å². The average molecular weight is 540 g/mol. The zero-order valence-electron chi connectivity index (χ0n) is 17.5. The number of aromatic nitrogens is 1. The van der Waals surface area contributed by atoms with E-state index >= 15 is 0 Å². The Morgan fingerprint density at radius 1 is 1.07 bits per heavy atom. The number of fused-ring (bicyclic) bond motifs is 1. The fraction of sp³-hybridized carbons (Fsp3) is 0.318. The molecule has 3 rings (SSSR count). The molecule has 0 amide bonds. The Balaban J connectivity index is 0.00000320. The molecule has 0 spiro atoms. The number of hydrogen-bond acceptors (Lipinski definition) is 3. The number of nitrogens with one attached hydrogen (secondary N) is 3. The van der Waals surface area contributed by atoms with E-state index in [0.717, 1.165) is 30.1 Å². The van der Waals surface area contributed by atoms with Crippen LogP contribution in [0, 0.1) is 6.92 Å². The molecular formula is C22H29IN4O2S. The van der Waals surface area contributed by atoms with Crippen molar-refractivity contribution in [2.24, 2.45) is 4.99 Å². The van der Waals surface area contributed by atoms with E-state index in [9.17, 15) is 8.42 Å². The lowest BCUT2D eigenvalue weighted by molar-refractivity contribution is 0.601. The first-order valence-electron chi connectivity index (χ1n) is 9.61. The van der Waals surface area contributed by atoms with Crippen LogP contribution in [0.15, 0.2) is 53.7 Å². The van der Waals surface area contributed by atoms with Crippen molar-refractivity contribution in [2.45, 2.75) is 25.6 Å². The normalized spacial score (nSPS) is 11.9. The van der Waals surface area contributed by atoms with Crippen molar-refractivity contribution in [1.29, 1.82) is 0 Å². The summed E-state index contributed by atoms with van der Waals surface area (Å²) in [6, 6.07) is 14.0.